The van der Waals surface area contributed by atoms with Crippen molar-refractivity contribution in [2.45, 2.75) is 103 Å². The zero-order valence-electron chi connectivity index (χ0n) is 37.6. The minimum absolute atomic E-state index is 0.0537. The van der Waals surface area contributed by atoms with Crippen LogP contribution in [0.3, 0.4) is 0 Å². The first kappa shape index (κ1) is 46.4. The third-order valence-electron chi connectivity index (χ3n) is 14.1. The van der Waals surface area contributed by atoms with Crippen molar-refractivity contribution in [2.75, 3.05) is 57.3 Å². The fourth-order valence-electron chi connectivity index (χ4n) is 10.3. The standard InChI is InChI=1S/C21H24N4O4.C13H9FN2O4.C13H24N2O2/c26-17-4-3-16(18(27)23-17)25-19(28)14-2-1-13(11-15(14)20(25)29)24-9-6-21(7-10-24)5-8-22-12-21;14-6-1-2-7-8(5-6)13(20)16(12(7)19)9-3-4-10(17)15-11(9)18;1-12(2,3)17-11(16)15-9-6-13(10-15)4-7-14-8-5-13/h1-2,11,16,22H,3-10,12H2,(H,23,26,27);1-2,5,9H,3-4H2,(H,15,17,18);14H,4-10H2,1-3H3. The Morgan fingerprint density at radius 3 is 1.67 bits per heavy atom. The zero-order valence-corrected chi connectivity index (χ0v) is 37.6. The van der Waals surface area contributed by atoms with Gasteiger partial charge in [0.05, 0.1) is 22.3 Å². The number of anilines is 1. The number of carbonyl (C=O) groups is 9. The van der Waals surface area contributed by atoms with E-state index in [9.17, 15) is 47.5 Å². The van der Waals surface area contributed by atoms with Crippen LogP contribution >= 0.6 is 0 Å². The second-order valence-corrected chi connectivity index (χ2v) is 19.6. The van der Waals surface area contributed by atoms with Crippen LogP contribution < -0.4 is 26.2 Å². The lowest BCUT2D eigenvalue weighted by Gasteiger charge is -2.40. The maximum absolute atomic E-state index is 13.2. The van der Waals surface area contributed by atoms with E-state index in [1.807, 2.05) is 31.7 Å². The fraction of sp³-hybridized carbons (Fsp3) is 0.553. The zero-order chi connectivity index (χ0) is 47.1. The van der Waals surface area contributed by atoms with Gasteiger partial charge in [-0.1, -0.05) is 0 Å². The van der Waals surface area contributed by atoms with Gasteiger partial charge >= 0.3 is 6.09 Å². The predicted molar refractivity (Wildman–Crippen MR) is 235 cm³/mol. The molecule has 2 spiro atoms. The van der Waals surface area contributed by atoms with Crippen LogP contribution in [0.4, 0.5) is 14.9 Å². The van der Waals surface area contributed by atoms with E-state index < -0.39 is 59.3 Å². The number of ether oxygens (including phenoxy) is 1. The number of amides is 9. The van der Waals surface area contributed by atoms with Gasteiger partial charge in [0.1, 0.15) is 23.5 Å². The molecule has 8 aliphatic heterocycles. The molecule has 8 heterocycles. The summed E-state index contributed by atoms with van der Waals surface area (Å²) in [5, 5.41) is 11.2. The van der Waals surface area contributed by atoms with Gasteiger partial charge in [0.15, 0.2) is 0 Å². The molecule has 18 nitrogen and oxygen atoms in total. The molecule has 6 saturated heterocycles. The number of imide groups is 4. The highest BCUT2D eigenvalue weighted by molar-refractivity contribution is 6.24. The maximum atomic E-state index is 13.2. The summed E-state index contributed by atoms with van der Waals surface area (Å²) < 4.78 is 18.6. The number of rotatable bonds is 3. The number of nitrogens with one attached hydrogen (secondary N) is 4. The van der Waals surface area contributed by atoms with E-state index in [2.05, 4.69) is 26.2 Å². The summed E-state index contributed by atoms with van der Waals surface area (Å²) in [7, 11) is 0. The summed E-state index contributed by atoms with van der Waals surface area (Å²) in [6.07, 6.45) is 7.25. The van der Waals surface area contributed by atoms with Crippen molar-refractivity contribution in [3.8, 4) is 0 Å². The van der Waals surface area contributed by atoms with E-state index in [0.717, 1.165) is 99.2 Å². The van der Waals surface area contributed by atoms with Crippen LogP contribution in [-0.4, -0.2) is 138 Å². The SMILES string of the molecule is CC(C)(C)OC(=O)N1CCC2(CCNCC2)C1.O=C1CCC(N2C(=O)c3ccc(F)cc3C2=O)C(=O)N1.O=C1CCC(N2C(=O)c3ccc(N4CCC5(CCNC5)CC4)cc3C2=O)C(=O)N1. The lowest BCUT2D eigenvalue weighted by atomic mass is 9.77. The topological polar surface area (TPSA) is 224 Å². The molecule has 0 aromatic heterocycles. The summed E-state index contributed by atoms with van der Waals surface area (Å²) >= 11 is 0. The quantitative estimate of drug-likeness (QED) is 0.326. The lowest BCUT2D eigenvalue weighted by Crippen LogP contribution is -2.54. The molecule has 9 amide bonds. The highest BCUT2D eigenvalue weighted by Crippen LogP contribution is 2.40. The molecule has 19 heteroatoms. The second-order valence-electron chi connectivity index (χ2n) is 19.6. The monoisotopic (exact) mass is 912 g/mol. The molecule has 352 valence electrons. The fourth-order valence-corrected chi connectivity index (χ4v) is 10.3. The van der Waals surface area contributed by atoms with Gasteiger partial charge in [0.25, 0.3) is 23.6 Å². The summed E-state index contributed by atoms with van der Waals surface area (Å²) in [5.41, 5.74) is 2.01. The summed E-state index contributed by atoms with van der Waals surface area (Å²) in [5.74, 6) is -4.96. The van der Waals surface area contributed by atoms with Gasteiger partial charge in [0, 0.05) is 51.3 Å². The first-order valence-corrected chi connectivity index (χ1v) is 22.9. The molecule has 8 aliphatic rings. The molecule has 0 saturated carbocycles. The van der Waals surface area contributed by atoms with Crippen LogP contribution in [0, 0.1) is 16.6 Å². The molecule has 2 unspecified atom stereocenters. The van der Waals surface area contributed by atoms with Crippen LogP contribution in [0.25, 0.3) is 0 Å². The Balaban J connectivity index is 0.000000141. The highest BCUT2D eigenvalue weighted by Gasteiger charge is 2.47. The third kappa shape index (κ3) is 9.45. The molecule has 0 radical (unpaired) electrons. The molecule has 0 aliphatic carbocycles. The van der Waals surface area contributed by atoms with Gasteiger partial charge in [0.2, 0.25) is 23.6 Å². The molecule has 2 atom stereocenters. The first-order chi connectivity index (χ1) is 31.4. The van der Waals surface area contributed by atoms with E-state index in [-0.39, 0.29) is 54.4 Å². The van der Waals surface area contributed by atoms with Crippen molar-refractivity contribution in [1.29, 1.82) is 0 Å². The number of halogens is 1. The Kier molecular flexibility index (Phi) is 12.9. The van der Waals surface area contributed by atoms with Crippen molar-refractivity contribution < 1.29 is 52.3 Å². The normalized spacial score (nSPS) is 24.4. The number of hydrogen-bond donors (Lipinski definition) is 4. The van der Waals surface area contributed by atoms with Gasteiger partial charge in [-0.3, -0.25) is 58.8 Å². The minimum atomic E-state index is -1.02. The summed E-state index contributed by atoms with van der Waals surface area (Å²) in [4.78, 5) is 114. The molecule has 66 heavy (non-hydrogen) atoms. The van der Waals surface area contributed by atoms with Gasteiger partial charge in [-0.05, 0) is 139 Å². The number of hydrogen-bond acceptors (Lipinski definition) is 13. The summed E-state index contributed by atoms with van der Waals surface area (Å²) in [6, 6.07) is 6.69. The average Bonchev–Trinajstić information content (AvgIpc) is 4.03. The van der Waals surface area contributed by atoms with Crippen molar-refractivity contribution in [3.05, 3.63) is 64.5 Å². The number of fused-ring (bicyclic) bond motifs is 2. The molecular weight excluding hydrogens is 856 g/mol. The molecular formula is C47H57FN8O10. The van der Waals surface area contributed by atoms with Crippen LogP contribution in [0.15, 0.2) is 36.4 Å². The molecule has 10 rings (SSSR count). The van der Waals surface area contributed by atoms with Gasteiger partial charge in [-0.25, -0.2) is 9.18 Å². The van der Waals surface area contributed by atoms with Gasteiger partial charge < -0.3 is 25.2 Å². The summed E-state index contributed by atoms with van der Waals surface area (Å²) in [6.45, 7) is 13.7. The second kappa shape index (κ2) is 18.3. The first-order valence-electron chi connectivity index (χ1n) is 22.9. The average molecular weight is 913 g/mol. The van der Waals surface area contributed by atoms with E-state index in [0.29, 0.717) is 22.0 Å². The number of piperidine rings is 4. The van der Waals surface area contributed by atoms with E-state index >= 15 is 0 Å². The molecule has 6 fully saturated rings. The van der Waals surface area contributed by atoms with Crippen LogP contribution in [0.5, 0.6) is 0 Å². The molecule has 4 N–H and O–H groups in total. The van der Waals surface area contributed by atoms with Gasteiger partial charge in [-0.15, -0.1) is 0 Å². The minimum Gasteiger partial charge on any atom is -0.444 e. The van der Waals surface area contributed by atoms with Crippen molar-refractivity contribution in [3.63, 3.8) is 0 Å². The maximum Gasteiger partial charge on any atom is 0.410 e. The molecule has 0 bridgehead atoms. The number of nitrogens with zero attached hydrogens (tertiary/aromatic N) is 4. The number of carbonyl (C=O) groups excluding carboxylic acids is 9. The Morgan fingerprint density at radius 2 is 1.14 bits per heavy atom. The van der Waals surface area contributed by atoms with Crippen LogP contribution in [0.2, 0.25) is 0 Å². The predicted octanol–water partition coefficient (Wildman–Crippen LogP) is 2.89. The molecule has 2 aromatic carbocycles. The third-order valence-corrected chi connectivity index (χ3v) is 14.1. The Hall–Kier alpha value is -6.08. The van der Waals surface area contributed by atoms with E-state index in [1.54, 1.807) is 12.1 Å². The van der Waals surface area contributed by atoms with Gasteiger partial charge in [-0.2, -0.15) is 0 Å². The van der Waals surface area contributed by atoms with Crippen LogP contribution in [-0.2, 0) is 23.9 Å². The van der Waals surface area contributed by atoms with Crippen molar-refractivity contribution in [2.24, 2.45) is 10.8 Å². The Morgan fingerprint density at radius 1 is 0.636 bits per heavy atom. The highest BCUT2D eigenvalue weighted by atomic mass is 19.1. The smallest absolute Gasteiger partial charge is 0.410 e. The largest absolute Gasteiger partial charge is 0.444 e. The van der Waals surface area contributed by atoms with Crippen molar-refractivity contribution in [1.82, 2.24) is 36.0 Å². The molecule has 2 aromatic rings. The lowest BCUT2D eigenvalue weighted by molar-refractivity contribution is -0.137. The Bertz CT molecular complexity index is 2360. The number of likely N-dealkylation sites (tertiary alicyclic amines) is 1. The van der Waals surface area contributed by atoms with Crippen molar-refractivity contribution >= 4 is 59.0 Å². The number of benzene rings is 2. The van der Waals surface area contributed by atoms with E-state index in [4.69, 9.17) is 4.74 Å². The van der Waals surface area contributed by atoms with E-state index in [1.165, 1.54) is 25.3 Å². The Labute approximate surface area is 381 Å². The van der Waals surface area contributed by atoms with Crippen LogP contribution in [0.1, 0.15) is 126 Å².